The van der Waals surface area contributed by atoms with E-state index in [-0.39, 0.29) is 5.75 Å². The summed E-state index contributed by atoms with van der Waals surface area (Å²) in [5.41, 5.74) is 2.15. The molecule has 7 heteroatoms. The number of rotatable bonds is 4. The van der Waals surface area contributed by atoms with Crippen molar-refractivity contribution in [2.45, 2.75) is 0 Å². The Morgan fingerprint density at radius 1 is 1.08 bits per heavy atom. The summed E-state index contributed by atoms with van der Waals surface area (Å²) in [4.78, 5) is 4.09. The molecule has 0 N–H and O–H groups in total. The lowest BCUT2D eigenvalue weighted by Crippen LogP contribution is -1.95. The Morgan fingerprint density at radius 2 is 1.92 bits per heavy atom. The Hall–Kier alpha value is -3.12. The number of methoxy groups -OCH3 is 1. The van der Waals surface area contributed by atoms with Crippen LogP contribution >= 0.6 is 11.6 Å². The summed E-state index contributed by atoms with van der Waals surface area (Å²) in [6, 6.07) is 11.5. The average Bonchev–Trinajstić information content (AvgIpc) is 3.09. The fourth-order valence-electron chi connectivity index (χ4n) is 2.70. The molecule has 0 atom stereocenters. The third kappa shape index (κ3) is 2.84. The van der Waals surface area contributed by atoms with Gasteiger partial charge in [0.15, 0.2) is 17.3 Å². The molecule has 130 valence electrons. The van der Waals surface area contributed by atoms with E-state index in [0.29, 0.717) is 27.7 Å². The van der Waals surface area contributed by atoms with Crippen LogP contribution in [0.4, 0.5) is 4.39 Å². The molecule has 0 spiro atoms. The van der Waals surface area contributed by atoms with Gasteiger partial charge in [-0.15, -0.1) is 0 Å². The summed E-state index contributed by atoms with van der Waals surface area (Å²) in [5.74, 6) is 0.575. The van der Waals surface area contributed by atoms with Crippen molar-refractivity contribution in [1.82, 2.24) is 14.6 Å². The van der Waals surface area contributed by atoms with E-state index in [2.05, 4.69) is 10.1 Å². The first-order valence-electron chi connectivity index (χ1n) is 7.76. The van der Waals surface area contributed by atoms with E-state index in [9.17, 15) is 4.39 Å². The maximum atomic E-state index is 14.0. The van der Waals surface area contributed by atoms with E-state index in [1.165, 1.54) is 19.4 Å². The quantitative estimate of drug-likeness (QED) is 0.508. The van der Waals surface area contributed by atoms with Crippen molar-refractivity contribution in [3.8, 4) is 28.5 Å². The number of halogens is 2. The molecule has 3 aromatic heterocycles. The zero-order valence-corrected chi connectivity index (χ0v) is 14.4. The van der Waals surface area contributed by atoms with Crippen molar-refractivity contribution >= 4 is 17.1 Å². The van der Waals surface area contributed by atoms with E-state index >= 15 is 0 Å². The minimum atomic E-state index is -0.445. The molecule has 4 rings (SSSR count). The van der Waals surface area contributed by atoms with E-state index in [0.717, 1.165) is 5.56 Å². The number of hydrogen-bond acceptors (Lipinski definition) is 4. The Labute approximate surface area is 153 Å². The predicted octanol–water partition coefficient (Wildman–Crippen LogP) is 4.99. The highest BCUT2D eigenvalue weighted by Crippen LogP contribution is 2.38. The van der Waals surface area contributed by atoms with Crippen LogP contribution in [0.15, 0.2) is 61.1 Å². The number of hydrogen-bond donors (Lipinski definition) is 0. The molecule has 0 amide bonds. The molecular weight excluding hydrogens is 357 g/mol. The first kappa shape index (κ1) is 16.4. The van der Waals surface area contributed by atoms with Crippen molar-refractivity contribution in [2.75, 3.05) is 7.11 Å². The number of aromatic nitrogens is 3. The molecule has 26 heavy (non-hydrogen) atoms. The van der Waals surface area contributed by atoms with E-state index in [1.54, 1.807) is 47.2 Å². The van der Waals surface area contributed by atoms with E-state index < -0.39 is 5.82 Å². The fourth-order valence-corrected chi connectivity index (χ4v) is 2.90. The molecule has 3 heterocycles. The van der Waals surface area contributed by atoms with Crippen LogP contribution in [-0.2, 0) is 0 Å². The van der Waals surface area contributed by atoms with Gasteiger partial charge in [0.05, 0.1) is 24.5 Å². The SMILES string of the molecule is COc1cc(-c2ccn3nccc(Oc4ccccc4F)c23)c(Cl)cn1. The second-order valence-corrected chi connectivity index (χ2v) is 5.86. The second-order valence-electron chi connectivity index (χ2n) is 5.46. The van der Waals surface area contributed by atoms with Crippen LogP contribution in [0.1, 0.15) is 0 Å². The van der Waals surface area contributed by atoms with Crippen molar-refractivity contribution in [3.63, 3.8) is 0 Å². The minimum absolute atomic E-state index is 0.131. The van der Waals surface area contributed by atoms with Crippen molar-refractivity contribution in [2.24, 2.45) is 0 Å². The highest BCUT2D eigenvalue weighted by molar-refractivity contribution is 6.33. The molecule has 0 saturated carbocycles. The van der Waals surface area contributed by atoms with Gasteiger partial charge in [0, 0.05) is 29.5 Å². The lowest BCUT2D eigenvalue weighted by Gasteiger charge is -2.11. The van der Waals surface area contributed by atoms with Crippen LogP contribution in [0.5, 0.6) is 17.4 Å². The molecule has 0 fully saturated rings. The molecule has 0 radical (unpaired) electrons. The van der Waals surface area contributed by atoms with Gasteiger partial charge in [-0.2, -0.15) is 5.10 Å². The third-order valence-corrected chi connectivity index (χ3v) is 4.20. The van der Waals surface area contributed by atoms with Crippen molar-refractivity contribution < 1.29 is 13.9 Å². The van der Waals surface area contributed by atoms with Gasteiger partial charge in [-0.05, 0) is 18.2 Å². The maximum Gasteiger partial charge on any atom is 0.213 e. The molecule has 1 aromatic carbocycles. The number of benzene rings is 1. The Morgan fingerprint density at radius 3 is 2.73 bits per heavy atom. The van der Waals surface area contributed by atoms with Gasteiger partial charge in [-0.3, -0.25) is 0 Å². The summed E-state index contributed by atoms with van der Waals surface area (Å²) < 4.78 is 26.6. The van der Waals surface area contributed by atoms with Crippen molar-refractivity contribution in [3.05, 3.63) is 71.9 Å². The van der Waals surface area contributed by atoms with Crippen LogP contribution in [0, 0.1) is 5.82 Å². The summed E-state index contributed by atoms with van der Waals surface area (Å²) in [7, 11) is 1.53. The van der Waals surface area contributed by atoms with Crippen LogP contribution < -0.4 is 9.47 Å². The van der Waals surface area contributed by atoms with Crippen molar-refractivity contribution in [1.29, 1.82) is 0 Å². The number of nitrogens with zero attached hydrogens (tertiary/aromatic N) is 3. The largest absolute Gasteiger partial charge is 0.481 e. The normalized spacial score (nSPS) is 10.9. The van der Waals surface area contributed by atoms with E-state index in [4.69, 9.17) is 21.1 Å². The van der Waals surface area contributed by atoms with Gasteiger partial charge >= 0.3 is 0 Å². The topological polar surface area (TPSA) is 48.7 Å². The minimum Gasteiger partial charge on any atom is -0.481 e. The van der Waals surface area contributed by atoms with Gasteiger partial charge in [0.1, 0.15) is 5.52 Å². The van der Waals surface area contributed by atoms with Crippen LogP contribution in [0.3, 0.4) is 0 Å². The third-order valence-electron chi connectivity index (χ3n) is 3.90. The smallest absolute Gasteiger partial charge is 0.213 e. The summed E-state index contributed by atoms with van der Waals surface area (Å²) in [6.45, 7) is 0. The first-order chi connectivity index (χ1) is 12.7. The predicted molar refractivity (Wildman–Crippen MR) is 96.5 cm³/mol. The number of fused-ring (bicyclic) bond motifs is 1. The molecule has 4 aromatic rings. The molecule has 0 aliphatic rings. The van der Waals surface area contributed by atoms with Gasteiger partial charge in [0.2, 0.25) is 5.88 Å². The summed E-state index contributed by atoms with van der Waals surface area (Å²) in [5, 5.41) is 4.74. The Bertz CT molecular complexity index is 1100. The molecule has 0 bridgehead atoms. The highest BCUT2D eigenvalue weighted by atomic mass is 35.5. The number of pyridine rings is 1. The fraction of sp³-hybridized carbons (Fsp3) is 0.0526. The van der Waals surface area contributed by atoms with E-state index in [1.807, 2.05) is 6.07 Å². The summed E-state index contributed by atoms with van der Waals surface area (Å²) >= 11 is 6.33. The Kier molecular flexibility index (Phi) is 4.18. The van der Waals surface area contributed by atoms with Gasteiger partial charge in [-0.1, -0.05) is 23.7 Å². The first-order valence-corrected chi connectivity index (χ1v) is 8.14. The molecule has 0 aliphatic heterocycles. The lowest BCUT2D eigenvalue weighted by molar-refractivity contribution is 0.398. The molecular formula is C19H13ClFN3O2. The zero-order valence-electron chi connectivity index (χ0n) is 13.7. The standard InChI is InChI=1S/C19H13ClFN3O2/c1-25-18-10-13(14(20)11-22-18)12-7-9-24-19(12)17(6-8-23-24)26-16-5-3-2-4-15(16)21/h2-11H,1H3. The average molecular weight is 370 g/mol. The van der Waals surface area contributed by atoms with Crippen LogP contribution in [0.25, 0.3) is 16.6 Å². The number of para-hydroxylation sites is 1. The highest BCUT2D eigenvalue weighted by Gasteiger charge is 2.16. The molecule has 0 aliphatic carbocycles. The zero-order chi connectivity index (χ0) is 18.1. The summed E-state index contributed by atoms with van der Waals surface area (Å²) in [6.07, 6.45) is 4.89. The maximum absolute atomic E-state index is 14.0. The van der Waals surface area contributed by atoms with Gasteiger partial charge in [-0.25, -0.2) is 13.9 Å². The molecule has 0 saturated heterocycles. The van der Waals surface area contributed by atoms with Crippen LogP contribution in [0.2, 0.25) is 5.02 Å². The van der Waals surface area contributed by atoms with Crippen LogP contribution in [-0.4, -0.2) is 21.7 Å². The van der Waals surface area contributed by atoms with Gasteiger partial charge < -0.3 is 9.47 Å². The molecule has 0 unspecified atom stereocenters. The Balaban J connectivity index is 1.89. The monoisotopic (exact) mass is 369 g/mol. The molecule has 5 nitrogen and oxygen atoms in total. The lowest BCUT2D eigenvalue weighted by atomic mass is 10.1. The van der Waals surface area contributed by atoms with Gasteiger partial charge in [0.25, 0.3) is 0 Å². The number of ether oxygens (including phenoxy) is 2. The second kappa shape index (κ2) is 6.65.